The maximum absolute atomic E-state index is 12.2. The molecular weight excluding hydrogens is 337 g/mol. The average molecular weight is 354 g/mol. The van der Waals surface area contributed by atoms with Gasteiger partial charge in [-0.25, -0.2) is 0 Å². The maximum Gasteiger partial charge on any atom is 0.261 e. The van der Waals surface area contributed by atoms with Crippen molar-refractivity contribution in [3.8, 4) is 11.5 Å². The highest BCUT2D eigenvalue weighted by Gasteiger charge is 2.19. The SMILES string of the molecule is CC(Oc1cccc(Cl)c1Cl)C(=O)NC(C)c1cccc(O)c1. The Labute approximate surface area is 145 Å². The van der Waals surface area contributed by atoms with Gasteiger partial charge in [-0.3, -0.25) is 4.79 Å². The summed E-state index contributed by atoms with van der Waals surface area (Å²) in [5.41, 5.74) is 0.798. The van der Waals surface area contributed by atoms with Gasteiger partial charge in [-0.2, -0.15) is 0 Å². The zero-order valence-corrected chi connectivity index (χ0v) is 14.2. The summed E-state index contributed by atoms with van der Waals surface area (Å²) >= 11 is 12.0. The molecule has 0 aromatic heterocycles. The van der Waals surface area contributed by atoms with Gasteiger partial charge in [0.25, 0.3) is 5.91 Å². The van der Waals surface area contributed by atoms with Crippen molar-refractivity contribution >= 4 is 29.1 Å². The van der Waals surface area contributed by atoms with Crippen LogP contribution in [0.1, 0.15) is 25.5 Å². The van der Waals surface area contributed by atoms with E-state index in [1.165, 1.54) is 0 Å². The Morgan fingerprint density at radius 3 is 2.57 bits per heavy atom. The second-order valence-electron chi connectivity index (χ2n) is 5.14. The van der Waals surface area contributed by atoms with E-state index in [2.05, 4.69) is 5.32 Å². The van der Waals surface area contributed by atoms with Crippen LogP contribution in [-0.4, -0.2) is 17.1 Å². The number of benzene rings is 2. The molecule has 2 unspecified atom stereocenters. The quantitative estimate of drug-likeness (QED) is 0.840. The number of carbonyl (C=O) groups is 1. The van der Waals surface area contributed by atoms with Crippen molar-refractivity contribution < 1.29 is 14.6 Å². The Balaban J connectivity index is 2.01. The van der Waals surface area contributed by atoms with Gasteiger partial charge in [-0.15, -0.1) is 0 Å². The monoisotopic (exact) mass is 353 g/mol. The van der Waals surface area contributed by atoms with Crippen LogP contribution in [0.4, 0.5) is 0 Å². The molecule has 0 aliphatic carbocycles. The lowest BCUT2D eigenvalue weighted by Crippen LogP contribution is -2.37. The molecule has 0 saturated heterocycles. The highest BCUT2D eigenvalue weighted by atomic mass is 35.5. The molecule has 0 aliphatic rings. The molecule has 0 bridgehead atoms. The minimum Gasteiger partial charge on any atom is -0.508 e. The van der Waals surface area contributed by atoms with E-state index in [0.29, 0.717) is 10.8 Å². The second-order valence-corrected chi connectivity index (χ2v) is 5.92. The third-order valence-corrected chi connectivity index (χ3v) is 4.12. The summed E-state index contributed by atoms with van der Waals surface area (Å²) < 4.78 is 5.57. The third-order valence-electron chi connectivity index (χ3n) is 3.32. The normalized spacial score (nSPS) is 13.2. The predicted octanol–water partition coefficient (Wildman–Crippen LogP) is 4.34. The van der Waals surface area contributed by atoms with Crippen LogP contribution in [-0.2, 0) is 4.79 Å². The molecule has 0 aliphatic heterocycles. The predicted molar refractivity (Wildman–Crippen MR) is 91.2 cm³/mol. The first-order valence-corrected chi connectivity index (χ1v) is 7.84. The number of ether oxygens (including phenoxy) is 1. The molecule has 0 fully saturated rings. The maximum atomic E-state index is 12.2. The van der Waals surface area contributed by atoms with Gasteiger partial charge < -0.3 is 15.2 Å². The Morgan fingerprint density at radius 1 is 1.17 bits per heavy atom. The van der Waals surface area contributed by atoms with Crippen molar-refractivity contribution in [2.45, 2.75) is 26.0 Å². The van der Waals surface area contributed by atoms with Gasteiger partial charge in [-0.05, 0) is 43.7 Å². The number of phenolic OH excluding ortho intramolecular Hbond substituents is 1. The van der Waals surface area contributed by atoms with Crippen LogP contribution in [0.2, 0.25) is 10.0 Å². The molecule has 0 heterocycles. The summed E-state index contributed by atoms with van der Waals surface area (Å²) in [7, 11) is 0. The van der Waals surface area contributed by atoms with Crippen molar-refractivity contribution in [2.75, 3.05) is 0 Å². The molecule has 23 heavy (non-hydrogen) atoms. The Bertz CT molecular complexity index is 706. The number of rotatable bonds is 5. The lowest BCUT2D eigenvalue weighted by molar-refractivity contribution is -0.127. The summed E-state index contributed by atoms with van der Waals surface area (Å²) in [6.07, 6.45) is -0.745. The van der Waals surface area contributed by atoms with Crippen molar-refractivity contribution in [1.29, 1.82) is 0 Å². The highest BCUT2D eigenvalue weighted by Crippen LogP contribution is 2.32. The van der Waals surface area contributed by atoms with E-state index < -0.39 is 6.10 Å². The van der Waals surface area contributed by atoms with E-state index in [-0.39, 0.29) is 22.7 Å². The lowest BCUT2D eigenvalue weighted by atomic mass is 10.1. The Kier molecular flexibility index (Phi) is 5.74. The largest absolute Gasteiger partial charge is 0.508 e. The van der Waals surface area contributed by atoms with Crippen LogP contribution in [0, 0.1) is 0 Å². The van der Waals surface area contributed by atoms with Crippen LogP contribution in [0.3, 0.4) is 0 Å². The number of aromatic hydroxyl groups is 1. The number of phenols is 1. The number of amides is 1. The molecule has 4 nitrogen and oxygen atoms in total. The lowest BCUT2D eigenvalue weighted by Gasteiger charge is -2.19. The molecule has 122 valence electrons. The minimum absolute atomic E-state index is 0.151. The molecular formula is C17H17Cl2NO3. The molecule has 2 atom stereocenters. The van der Waals surface area contributed by atoms with Crippen LogP contribution >= 0.6 is 23.2 Å². The van der Waals surface area contributed by atoms with E-state index >= 15 is 0 Å². The molecule has 0 saturated carbocycles. The van der Waals surface area contributed by atoms with Crippen molar-refractivity contribution in [3.05, 3.63) is 58.1 Å². The van der Waals surface area contributed by atoms with Crippen LogP contribution in [0.25, 0.3) is 0 Å². The first kappa shape index (κ1) is 17.4. The fraction of sp³-hybridized carbons (Fsp3) is 0.235. The number of carbonyl (C=O) groups excluding carboxylic acids is 1. The van der Waals surface area contributed by atoms with Crippen LogP contribution in [0.5, 0.6) is 11.5 Å². The smallest absolute Gasteiger partial charge is 0.261 e. The molecule has 2 aromatic carbocycles. The molecule has 6 heteroatoms. The number of halogens is 2. The van der Waals surface area contributed by atoms with Gasteiger partial charge in [0.05, 0.1) is 11.1 Å². The Hall–Kier alpha value is -1.91. The Morgan fingerprint density at radius 2 is 1.87 bits per heavy atom. The van der Waals surface area contributed by atoms with E-state index in [1.54, 1.807) is 43.3 Å². The number of hydrogen-bond donors (Lipinski definition) is 2. The average Bonchev–Trinajstić information content (AvgIpc) is 2.51. The third kappa shape index (κ3) is 4.53. The first-order valence-electron chi connectivity index (χ1n) is 7.08. The molecule has 0 radical (unpaired) electrons. The zero-order chi connectivity index (χ0) is 17.0. The molecule has 0 spiro atoms. The van der Waals surface area contributed by atoms with Crippen LogP contribution in [0.15, 0.2) is 42.5 Å². The standard InChI is InChI=1S/C17H17Cl2NO3/c1-10(12-5-3-6-13(21)9-12)20-17(22)11(2)23-15-8-4-7-14(18)16(15)19/h3-11,21H,1-2H3,(H,20,22). The number of nitrogens with one attached hydrogen (secondary N) is 1. The molecule has 2 aromatic rings. The topological polar surface area (TPSA) is 58.6 Å². The number of hydrogen-bond acceptors (Lipinski definition) is 3. The summed E-state index contributed by atoms with van der Waals surface area (Å²) in [5.74, 6) is 0.210. The first-order chi connectivity index (χ1) is 10.9. The van der Waals surface area contributed by atoms with E-state index in [1.807, 2.05) is 13.0 Å². The van der Waals surface area contributed by atoms with Crippen molar-refractivity contribution in [1.82, 2.24) is 5.32 Å². The minimum atomic E-state index is -0.745. The molecule has 2 rings (SSSR count). The zero-order valence-electron chi connectivity index (χ0n) is 12.7. The summed E-state index contributed by atoms with van der Waals surface area (Å²) in [6.45, 7) is 3.45. The van der Waals surface area contributed by atoms with Gasteiger partial charge >= 0.3 is 0 Å². The van der Waals surface area contributed by atoms with E-state index in [4.69, 9.17) is 27.9 Å². The van der Waals surface area contributed by atoms with Gasteiger partial charge in [0, 0.05) is 0 Å². The van der Waals surface area contributed by atoms with Gasteiger partial charge in [0.2, 0.25) is 0 Å². The van der Waals surface area contributed by atoms with Gasteiger partial charge in [0.15, 0.2) is 6.10 Å². The van der Waals surface area contributed by atoms with Gasteiger partial charge in [-0.1, -0.05) is 41.4 Å². The van der Waals surface area contributed by atoms with Gasteiger partial charge in [0.1, 0.15) is 16.5 Å². The fourth-order valence-corrected chi connectivity index (χ4v) is 2.36. The fourth-order valence-electron chi connectivity index (χ4n) is 2.03. The van der Waals surface area contributed by atoms with E-state index in [9.17, 15) is 9.90 Å². The summed E-state index contributed by atoms with van der Waals surface area (Å²) in [5, 5.41) is 13.0. The summed E-state index contributed by atoms with van der Waals surface area (Å²) in [6, 6.07) is 11.4. The van der Waals surface area contributed by atoms with Crippen molar-refractivity contribution in [2.24, 2.45) is 0 Å². The van der Waals surface area contributed by atoms with E-state index in [0.717, 1.165) is 5.56 Å². The van der Waals surface area contributed by atoms with Crippen molar-refractivity contribution in [3.63, 3.8) is 0 Å². The molecule has 2 N–H and O–H groups in total. The second kappa shape index (κ2) is 7.57. The summed E-state index contributed by atoms with van der Waals surface area (Å²) in [4.78, 5) is 12.2. The highest BCUT2D eigenvalue weighted by molar-refractivity contribution is 6.42. The van der Waals surface area contributed by atoms with Crippen LogP contribution < -0.4 is 10.1 Å². The molecule has 1 amide bonds.